The molecule has 2 aromatic rings. The van der Waals surface area contributed by atoms with Gasteiger partial charge >= 0.3 is 0 Å². The van der Waals surface area contributed by atoms with Crippen molar-refractivity contribution in [3.05, 3.63) is 59.9 Å². The summed E-state index contributed by atoms with van der Waals surface area (Å²) in [5.74, 6) is -0.208. The second kappa shape index (κ2) is 8.09. The van der Waals surface area contributed by atoms with E-state index in [1.54, 1.807) is 12.1 Å². The summed E-state index contributed by atoms with van der Waals surface area (Å²) >= 11 is 0. The predicted octanol–water partition coefficient (Wildman–Crippen LogP) is 3.88. The first-order chi connectivity index (χ1) is 12.8. The fourth-order valence-electron chi connectivity index (χ4n) is 3.31. The Balaban J connectivity index is 1.49. The summed E-state index contributed by atoms with van der Waals surface area (Å²) in [7, 11) is 0. The van der Waals surface area contributed by atoms with Gasteiger partial charge in [0.1, 0.15) is 5.82 Å². The number of carbonyl (C=O) groups excluding carboxylic acids is 1. The summed E-state index contributed by atoms with van der Waals surface area (Å²) in [6, 6.07) is 14.9. The number of amides is 1. The van der Waals surface area contributed by atoms with Crippen LogP contribution < -0.4 is 10.2 Å². The van der Waals surface area contributed by atoms with Gasteiger partial charge in [-0.1, -0.05) is 45.0 Å². The zero-order valence-electron chi connectivity index (χ0n) is 16.3. The molecular weight excluding hydrogens is 341 g/mol. The monoisotopic (exact) mass is 369 g/mol. The summed E-state index contributed by atoms with van der Waals surface area (Å²) in [5.41, 5.74) is 2.80. The molecular formula is C22H28FN3O. The molecule has 0 atom stereocenters. The van der Waals surface area contributed by atoms with Crippen LogP contribution in [0.15, 0.2) is 48.5 Å². The normalized spacial score (nSPS) is 15.6. The molecule has 1 aliphatic heterocycles. The molecule has 27 heavy (non-hydrogen) atoms. The number of rotatable bonds is 4. The molecule has 4 nitrogen and oxygen atoms in total. The number of nitrogens with zero attached hydrogens (tertiary/aromatic N) is 2. The Morgan fingerprint density at radius 1 is 1.00 bits per heavy atom. The van der Waals surface area contributed by atoms with Crippen LogP contribution in [0.4, 0.5) is 15.8 Å². The zero-order valence-corrected chi connectivity index (χ0v) is 16.3. The molecule has 1 fully saturated rings. The molecule has 1 heterocycles. The van der Waals surface area contributed by atoms with Crippen LogP contribution in [0.1, 0.15) is 26.3 Å². The lowest BCUT2D eigenvalue weighted by Gasteiger charge is -2.35. The first-order valence-electron chi connectivity index (χ1n) is 9.45. The summed E-state index contributed by atoms with van der Waals surface area (Å²) in [5, 5.41) is 2.97. The summed E-state index contributed by atoms with van der Waals surface area (Å²) in [6.07, 6.45) is 0. The van der Waals surface area contributed by atoms with Crippen molar-refractivity contribution in [1.29, 1.82) is 0 Å². The van der Waals surface area contributed by atoms with Gasteiger partial charge < -0.3 is 10.2 Å². The Hall–Kier alpha value is -2.40. The van der Waals surface area contributed by atoms with Crippen LogP contribution in [0, 0.1) is 5.82 Å². The van der Waals surface area contributed by atoms with E-state index in [1.807, 2.05) is 23.1 Å². The highest BCUT2D eigenvalue weighted by atomic mass is 19.1. The van der Waals surface area contributed by atoms with Crippen LogP contribution in [0.2, 0.25) is 0 Å². The molecule has 0 aliphatic carbocycles. The summed E-state index contributed by atoms with van der Waals surface area (Å²) in [6.45, 7) is 9.77. The van der Waals surface area contributed by atoms with Crippen LogP contribution in [-0.4, -0.2) is 43.5 Å². The minimum atomic E-state index is -0.192. The third-order valence-electron chi connectivity index (χ3n) is 4.97. The van der Waals surface area contributed by atoms with E-state index in [0.29, 0.717) is 25.3 Å². The van der Waals surface area contributed by atoms with Crippen molar-refractivity contribution in [2.75, 3.05) is 42.9 Å². The van der Waals surface area contributed by atoms with Gasteiger partial charge in [-0.3, -0.25) is 9.69 Å². The number of hydrogen-bond acceptors (Lipinski definition) is 3. The van der Waals surface area contributed by atoms with Gasteiger partial charge in [-0.25, -0.2) is 4.39 Å². The van der Waals surface area contributed by atoms with Gasteiger partial charge in [-0.2, -0.15) is 0 Å². The Labute approximate surface area is 161 Å². The number of nitrogens with one attached hydrogen (secondary N) is 1. The third kappa shape index (κ3) is 5.07. The van der Waals surface area contributed by atoms with Gasteiger partial charge in [0.2, 0.25) is 5.91 Å². The van der Waals surface area contributed by atoms with Crippen molar-refractivity contribution >= 4 is 17.3 Å². The van der Waals surface area contributed by atoms with Crippen molar-refractivity contribution in [3.63, 3.8) is 0 Å². The molecule has 0 spiro atoms. The Bertz CT molecular complexity index is 775. The van der Waals surface area contributed by atoms with Gasteiger partial charge in [0.15, 0.2) is 0 Å². The lowest BCUT2D eigenvalue weighted by Crippen LogP contribution is -2.48. The largest absolute Gasteiger partial charge is 0.367 e. The molecule has 0 radical (unpaired) electrons. The van der Waals surface area contributed by atoms with Crippen LogP contribution in [0.3, 0.4) is 0 Å². The maximum atomic E-state index is 13.9. The number of benzene rings is 2. The topological polar surface area (TPSA) is 35.6 Å². The van der Waals surface area contributed by atoms with Crippen LogP contribution >= 0.6 is 0 Å². The lowest BCUT2D eigenvalue weighted by atomic mass is 9.87. The number of para-hydroxylation sites is 1. The van der Waals surface area contributed by atoms with Crippen molar-refractivity contribution in [1.82, 2.24) is 4.90 Å². The van der Waals surface area contributed by atoms with Gasteiger partial charge in [0.25, 0.3) is 0 Å². The smallest absolute Gasteiger partial charge is 0.238 e. The van der Waals surface area contributed by atoms with E-state index >= 15 is 0 Å². The predicted molar refractivity (Wildman–Crippen MR) is 109 cm³/mol. The number of piperazine rings is 1. The van der Waals surface area contributed by atoms with Gasteiger partial charge in [-0.15, -0.1) is 0 Å². The van der Waals surface area contributed by atoms with Crippen molar-refractivity contribution < 1.29 is 9.18 Å². The zero-order chi connectivity index (χ0) is 19.4. The number of anilines is 2. The SMILES string of the molecule is CC(C)(C)c1ccc(NC(=O)CN2CCN(c3ccccc3F)CC2)cc1. The maximum absolute atomic E-state index is 13.9. The van der Waals surface area contributed by atoms with Crippen molar-refractivity contribution in [2.24, 2.45) is 0 Å². The van der Waals surface area contributed by atoms with Gasteiger partial charge in [0.05, 0.1) is 12.2 Å². The number of hydrogen-bond donors (Lipinski definition) is 1. The minimum Gasteiger partial charge on any atom is -0.367 e. The molecule has 3 rings (SSSR count). The standard InChI is InChI=1S/C22H28FN3O/c1-22(2,3)17-8-10-18(11-9-17)24-21(27)16-25-12-14-26(15-13-25)20-7-5-4-6-19(20)23/h4-11H,12-16H2,1-3H3,(H,24,27). The van der Waals surface area contributed by atoms with Crippen LogP contribution in [0.5, 0.6) is 0 Å². The Morgan fingerprint density at radius 3 is 2.22 bits per heavy atom. The maximum Gasteiger partial charge on any atom is 0.238 e. The van der Waals surface area contributed by atoms with Crippen LogP contribution in [0.25, 0.3) is 0 Å². The molecule has 2 aromatic carbocycles. The minimum absolute atomic E-state index is 0.0159. The summed E-state index contributed by atoms with van der Waals surface area (Å²) in [4.78, 5) is 16.5. The van der Waals surface area contributed by atoms with E-state index in [4.69, 9.17) is 0 Å². The molecule has 1 saturated heterocycles. The van der Waals surface area contributed by atoms with Crippen molar-refractivity contribution in [3.8, 4) is 0 Å². The molecule has 0 bridgehead atoms. The number of halogens is 1. The highest BCUT2D eigenvalue weighted by Crippen LogP contribution is 2.23. The van der Waals surface area contributed by atoms with Gasteiger partial charge in [-0.05, 0) is 35.2 Å². The van der Waals surface area contributed by atoms with Crippen molar-refractivity contribution in [2.45, 2.75) is 26.2 Å². The Kier molecular flexibility index (Phi) is 5.80. The van der Waals surface area contributed by atoms with E-state index < -0.39 is 0 Å². The molecule has 0 saturated carbocycles. The quantitative estimate of drug-likeness (QED) is 0.888. The molecule has 1 N–H and O–H groups in total. The van der Waals surface area contributed by atoms with E-state index in [1.165, 1.54) is 11.6 Å². The van der Waals surface area contributed by atoms with E-state index in [9.17, 15) is 9.18 Å². The number of carbonyl (C=O) groups is 1. The Morgan fingerprint density at radius 2 is 1.63 bits per heavy atom. The van der Waals surface area contributed by atoms with Crippen LogP contribution in [-0.2, 0) is 10.2 Å². The van der Waals surface area contributed by atoms with E-state index in [-0.39, 0.29) is 17.1 Å². The molecule has 0 unspecified atom stereocenters. The first kappa shape index (κ1) is 19.4. The average Bonchev–Trinajstić information content (AvgIpc) is 2.62. The second-order valence-corrected chi connectivity index (χ2v) is 8.09. The lowest BCUT2D eigenvalue weighted by molar-refractivity contribution is -0.117. The third-order valence-corrected chi connectivity index (χ3v) is 4.97. The first-order valence-corrected chi connectivity index (χ1v) is 9.45. The highest BCUT2D eigenvalue weighted by molar-refractivity contribution is 5.92. The van der Waals surface area contributed by atoms with E-state index in [0.717, 1.165) is 18.8 Å². The molecule has 1 amide bonds. The average molecular weight is 369 g/mol. The van der Waals surface area contributed by atoms with Gasteiger partial charge in [0, 0.05) is 31.9 Å². The molecule has 144 valence electrons. The molecule has 0 aromatic heterocycles. The molecule has 1 aliphatic rings. The second-order valence-electron chi connectivity index (χ2n) is 8.09. The summed E-state index contributed by atoms with van der Waals surface area (Å²) < 4.78 is 13.9. The highest BCUT2D eigenvalue weighted by Gasteiger charge is 2.21. The fraction of sp³-hybridized carbons (Fsp3) is 0.409. The van der Waals surface area contributed by atoms with E-state index in [2.05, 4.69) is 43.1 Å². The molecule has 5 heteroatoms. The fourth-order valence-corrected chi connectivity index (χ4v) is 3.31.